The molecule has 0 bridgehead atoms. The molecule has 1 aliphatic heterocycles. The van der Waals surface area contributed by atoms with Gasteiger partial charge in [0.05, 0.1) is 0 Å². The number of fused-ring (bicyclic) bond motifs is 1. The molecule has 1 aromatic rings. The summed E-state index contributed by atoms with van der Waals surface area (Å²) < 4.78 is 2.35. The van der Waals surface area contributed by atoms with Crippen molar-refractivity contribution in [3.63, 3.8) is 0 Å². The van der Waals surface area contributed by atoms with Gasteiger partial charge in [0, 0.05) is 37.9 Å². The first kappa shape index (κ1) is 9.28. The van der Waals surface area contributed by atoms with E-state index in [9.17, 15) is 0 Å². The minimum absolute atomic E-state index is 0.266. The fourth-order valence-corrected chi connectivity index (χ4v) is 2.65. The molecule has 2 N–H and O–H groups in total. The SMILES string of the molecule is CN1CCCn2ccc(C(N)C3CC3)c21. The van der Waals surface area contributed by atoms with E-state index in [1.54, 1.807) is 0 Å². The van der Waals surface area contributed by atoms with Crippen molar-refractivity contribution in [1.29, 1.82) is 0 Å². The van der Waals surface area contributed by atoms with Crippen molar-refractivity contribution in [2.75, 3.05) is 18.5 Å². The van der Waals surface area contributed by atoms with Crippen molar-refractivity contribution in [3.05, 3.63) is 17.8 Å². The van der Waals surface area contributed by atoms with Crippen LogP contribution in [0.5, 0.6) is 0 Å². The monoisotopic (exact) mass is 205 g/mol. The molecule has 1 aliphatic carbocycles. The van der Waals surface area contributed by atoms with Crippen LogP contribution in [0.25, 0.3) is 0 Å². The van der Waals surface area contributed by atoms with Crippen LogP contribution in [0.4, 0.5) is 5.82 Å². The standard InChI is InChI=1S/C12H19N3/c1-14-6-2-7-15-8-5-10(12(14)15)11(13)9-3-4-9/h5,8-9,11H,2-4,6-7,13H2,1H3. The summed E-state index contributed by atoms with van der Waals surface area (Å²) in [6.07, 6.45) is 6.07. The van der Waals surface area contributed by atoms with E-state index in [0.717, 1.165) is 19.0 Å². The Bertz CT molecular complexity index is 365. The number of hydrogen-bond acceptors (Lipinski definition) is 2. The molecular formula is C12H19N3. The van der Waals surface area contributed by atoms with Crippen LogP contribution in [0.2, 0.25) is 0 Å². The zero-order chi connectivity index (χ0) is 10.4. The first-order valence-corrected chi connectivity index (χ1v) is 5.93. The Kier molecular flexibility index (Phi) is 2.02. The van der Waals surface area contributed by atoms with Crippen molar-refractivity contribution < 1.29 is 0 Å². The van der Waals surface area contributed by atoms with Crippen molar-refractivity contribution in [1.82, 2.24) is 4.57 Å². The lowest BCUT2D eigenvalue weighted by atomic mass is 10.1. The van der Waals surface area contributed by atoms with Crippen molar-refractivity contribution in [2.45, 2.75) is 31.8 Å². The quantitative estimate of drug-likeness (QED) is 0.798. The van der Waals surface area contributed by atoms with Gasteiger partial charge >= 0.3 is 0 Å². The van der Waals surface area contributed by atoms with Crippen LogP contribution in [0, 0.1) is 5.92 Å². The van der Waals surface area contributed by atoms with E-state index in [0.29, 0.717) is 0 Å². The van der Waals surface area contributed by atoms with Crippen LogP contribution in [0.15, 0.2) is 12.3 Å². The van der Waals surface area contributed by atoms with Crippen molar-refractivity contribution in [2.24, 2.45) is 11.7 Å². The maximum atomic E-state index is 6.29. The fraction of sp³-hybridized carbons (Fsp3) is 0.667. The molecule has 2 heterocycles. The predicted molar refractivity (Wildman–Crippen MR) is 62.0 cm³/mol. The summed E-state index contributed by atoms with van der Waals surface area (Å²) in [5, 5.41) is 0. The van der Waals surface area contributed by atoms with Gasteiger partial charge in [0.15, 0.2) is 0 Å². The topological polar surface area (TPSA) is 34.2 Å². The van der Waals surface area contributed by atoms with Crippen LogP contribution >= 0.6 is 0 Å². The summed E-state index contributed by atoms with van der Waals surface area (Å²) >= 11 is 0. The Morgan fingerprint density at radius 2 is 2.20 bits per heavy atom. The number of aryl methyl sites for hydroxylation is 1. The molecule has 1 fully saturated rings. The van der Waals surface area contributed by atoms with Gasteiger partial charge in [-0.3, -0.25) is 0 Å². The Morgan fingerprint density at radius 3 is 2.93 bits per heavy atom. The zero-order valence-electron chi connectivity index (χ0n) is 9.32. The van der Waals surface area contributed by atoms with E-state index in [1.165, 1.54) is 30.6 Å². The lowest BCUT2D eigenvalue weighted by molar-refractivity contribution is 0.571. The maximum Gasteiger partial charge on any atom is 0.113 e. The number of hydrogen-bond donors (Lipinski definition) is 1. The van der Waals surface area contributed by atoms with Crippen LogP contribution in [-0.2, 0) is 6.54 Å². The second kappa shape index (κ2) is 3.27. The molecule has 1 saturated carbocycles. The summed E-state index contributed by atoms with van der Waals surface area (Å²) in [7, 11) is 2.17. The normalized spacial score (nSPS) is 22.7. The van der Waals surface area contributed by atoms with Gasteiger partial charge in [0.2, 0.25) is 0 Å². The Hall–Kier alpha value is -0.960. The van der Waals surface area contributed by atoms with Gasteiger partial charge in [-0.05, 0) is 31.2 Å². The molecule has 3 nitrogen and oxygen atoms in total. The van der Waals surface area contributed by atoms with Gasteiger partial charge in [0.1, 0.15) is 5.82 Å². The predicted octanol–water partition coefficient (Wildman–Crippen LogP) is 1.74. The summed E-state index contributed by atoms with van der Waals surface area (Å²) in [6.45, 7) is 2.31. The molecule has 0 spiro atoms. The van der Waals surface area contributed by atoms with Gasteiger partial charge in [-0.2, -0.15) is 0 Å². The van der Waals surface area contributed by atoms with Gasteiger partial charge in [-0.1, -0.05) is 0 Å². The minimum atomic E-state index is 0.266. The maximum absolute atomic E-state index is 6.29. The van der Waals surface area contributed by atoms with Crippen molar-refractivity contribution in [3.8, 4) is 0 Å². The minimum Gasteiger partial charge on any atom is -0.361 e. The number of nitrogens with two attached hydrogens (primary N) is 1. The molecule has 0 radical (unpaired) electrons. The van der Waals surface area contributed by atoms with E-state index >= 15 is 0 Å². The Morgan fingerprint density at radius 1 is 1.40 bits per heavy atom. The molecule has 2 aliphatic rings. The lowest BCUT2D eigenvalue weighted by Gasteiger charge is -2.29. The molecule has 1 unspecified atom stereocenters. The van der Waals surface area contributed by atoms with Crippen LogP contribution in [-0.4, -0.2) is 18.2 Å². The summed E-state index contributed by atoms with van der Waals surface area (Å²) in [4.78, 5) is 2.35. The average molecular weight is 205 g/mol. The van der Waals surface area contributed by atoms with Crippen LogP contribution in [0.1, 0.15) is 30.9 Å². The summed E-state index contributed by atoms with van der Waals surface area (Å²) in [5.74, 6) is 2.10. The first-order valence-electron chi connectivity index (χ1n) is 5.93. The van der Waals surface area contributed by atoms with Gasteiger partial charge in [0.25, 0.3) is 0 Å². The van der Waals surface area contributed by atoms with E-state index in [-0.39, 0.29) is 6.04 Å². The number of aromatic nitrogens is 1. The number of nitrogens with zero attached hydrogens (tertiary/aromatic N) is 2. The zero-order valence-corrected chi connectivity index (χ0v) is 9.32. The highest BCUT2D eigenvalue weighted by Gasteiger charge is 2.33. The number of anilines is 1. The molecule has 0 aromatic carbocycles. The summed E-state index contributed by atoms with van der Waals surface area (Å²) in [6, 6.07) is 2.49. The molecular weight excluding hydrogens is 186 g/mol. The molecule has 3 heteroatoms. The summed E-state index contributed by atoms with van der Waals surface area (Å²) in [5.41, 5.74) is 7.65. The third-order valence-electron chi connectivity index (χ3n) is 3.71. The van der Waals surface area contributed by atoms with E-state index in [1.807, 2.05) is 0 Å². The van der Waals surface area contributed by atoms with Crippen LogP contribution in [0.3, 0.4) is 0 Å². The first-order chi connectivity index (χ1) is 7.27. The van der Waals surface area contributed by atoms with E-state index < -0.39 is 0 Å². The smallest absolute Gasteiger partial charge is 0.113 e. The molecule has 1 aromatic heterocycles. The van der Waals surface area contributed by atoms with Crippen LogP contribution < -0.4 is 10.6 Å². The van der Waals surface area contributed by atoms with Gasteiger partial charge in [-0.25, -0.2) is 0 Å². The second-order valence-electron chi connectivity index (χ2n) is 4.93. The molecule has 0 saturated heterocycles. The largest absolute Gasteiger partial charge is 0.361 e. The lowest BCUT2D eigenvalue weighted by Crippen LogP contribution is -2.29. The van der Waals surface area contributed by atoms with E-state index in [4.69, 9.17) is 5.73 Å². The highest BCUT2D eigenvalue weighted by molar-refractivity contribution is 5.51. The highest BCUT2D eigenvalue weighted by atomic mass is 15.2. The fourth-order valence-electron chi connectivity index (χ4n) is 2.65. The Balaban J connectivity index is 1.97. The van der Waals surface area contributed by atoms with E-state index in [2.05, 4.69) is 28.8 Å². The van der Waals surface area contributed by atoms with Gasteiger partial charge < -0.3 is 15.2 Å². The third kappa shape index (κ3) is 1.46. The molecule has 1 atom stereocenters. The molecule has 0 amide bonds. The van der Waals surface area contributed by atoms with Crippen molar-refractivity contribution >= 4 is 5.82 Å². The third-order valence-corrected chi connectivity index (χ3v) is 3.71. The molecule has 3 rings (SSSR count). The average Bonchev–Trinajstić information content (AvgIpc) is 2.98. The second-order valence-corrected chi connectivity index (χ2v) is 4.93. The molecule has 82 valence electrons. The van der Waals surface area contributed by atoms with Gasteiger partial charge in [-0.15, -0.1) is 0 Å². The number of rotatable bonds is 2. The Labute approximate surface area is 90.9 Å². The highest BCUT2D eigenvalue weighted by Crippen LogP contribution is 2.42. The molecule has 15 heavy (non-hydrogen) atoms.